The van der Waals surface area contributed by atoms with Gasteiger partial charge in [0.1, 0.15) is 11.5 Å². The number of hydrogen-bond acceptors (Lipinski definition) is 3. The van der Waals surface area contributed by atoms with E-state index in [1.807, 2.05) is 56.3 Å². The van der Waals surface area contributed by atoms with Gasteiger partial charge in [-0.05, 0) is 49.7 Å². The van der Waals surface area contributed by atoms with Gasteiger partial charge in [0.15, 0.2) is 0 Å². The zero-order valence-electron chi connectivity index (χ0n) is 12.4. The molecule has 1 N–H and O–H groups in total. The summed E-state index contributed by atoms with van der Waals surface area (Å²) >= 11 is 6.16. The zero-order chi connectivity index (χ0) is 15.1. The normalized spacial score (nSPS) is 10.2. The van der Waals surface area contributed by atoms with Crippen molar-refractivity contribution in [2.75, 3.05) is 18.5 Å². The average Bonchev–Trinajstić information content (AvgIpc) is 2.49. The molecular weight excluding hydrogens is 286 g/mol. The lowest BCUT2D eigenvalue weighted by Gasteiger charge is -2.10. The van der Waals surface area contributed by atoms with Gasteiger partial charge in [-0.15, -0.1) is 0 Å². The van der Waals surface area contributed by atoms with Gasteiger partial charge < -0.3 is 14.8 Å². The van der Waals surface area contributed by atoms with Crippen molar-refractivity contribution in [2.45, 2.75) is 20.4 Å². The van der Waals surface area contributed by atoms with E-state index in [-0.39, 0.29) is 0 Å². The van der Waals surface area contributed by atoms with Crippen LogP contribution in [0.1, 0.15) is 19.4 Å². The van der Waals surface area contributed by atoms with Crippen LogP contribution < -0.4 is 14.8 Å². The van der Waals surface area contributed by atoms with Crippen molar-refractivity contribution < 1.29 is 9.47 Å². The molecule has 0 aliphatic heterocycles. The van der Waals surface area contributed by atoms with Crippen molar-refractivity contribution in [1.82, 2.24) is 0 Å². The maximum Gasteiger partial charge on any atom is 0.138 e. The van der Waals surface area contributed by atoms with E-state index in [0.29, 0.717) is 24.0 Å². The minimum atomic E-state index is 0.610. The first kappa shape index (κ1) is 15.5. The van der Waals surface area contributed by atoms with E-state index in [1.165, 1.54) is 5.56 Å². The summed E-state index contributed by atoms with van der Waals surface area (Å²) in [5.41, 5.74) is 2.15. The molecule has 0 bridgehead atoms. The van der Waals surface area contributed by atoms with Gasteiger partial charge in [0, 0.05) is 12.2 Å². The first-order chi connectivity index (χ1) is 10.2. The second-order valence-corrected chi connectivity index (χ2v) is 4.92. The van der Waals surface area contributed by atoms with Crippen molar-refractivity contribution >= 4 is 17.3 Å². The Morgan fingerprint density at radius 1 is 0.952 bits per heavy atom. The SMILES string of the molecule is CCOc1ccc(CNc2ccc(OCC)c(Cl)c2)cc1. The predicted octanol–water partition coefficient (Wildman–Crippen LogP) is 4.75. The molecule has 0 unspecified atom stereocenters. The number of nitrogens with one attached hydrogen (secondary N) is 1. The molecule has 0 amide bonds. The Labute approximate surface area is 130 Å². The number of halogens is 1. The van der Waals surface area contributed by atoms with E-state index in [2.05, 4.69) is 5.32 Å². The molecule has 3 nitrogen and oxygen atoms in total. The molecule has 0 aromatic heterocycles. The molecule has 2 rings (SSSR count). The van der Waals surface area contributed by atoms with E-state index in [4.69, 9.17) is 21.1 Å². The molecule has 112 valence electrons. The van der Waals surface area contributed by atoms with Crippen molar-refractivity contribution in [3.8, 4) is 11.5 Å². The van der Waals surface area contributed by atoms with Gasteiger partial charge in [-0.2, -0.15) is 0 Å². The quantitative estimate of drug-likeness (QED) is 0.800. The Kier molecular flexibility index (Phi) is 5.76. The summed E-state index contributed by atoms with van der Waals surface area (Å²) in [6.07, 6.45) is 0. The number of ether oxygens (including phenoxy) is 2. The largest absolute Gasteiger partial charge is 0.494 e. The monoisotopic (exact) mass is 305 g/mol. The molecule has 0 fully saturated rings. The maximum absolute atomic E-state index is 6.16. The summed E-state index contributed by atoms with van der Waals surface area (Å²) in [4.78, 5) is 0. The number of rotatable bonds is 7. The summed E-state index contributed by atoms with van der Waals surface area (Å²) in [7, 11) is 0. The number of anilines is 1. The van der Waals surface area contributed by atoms with Gasteiger partial charge in [0.2, 0.25) is 0 Å². The van der Waals surface area contributed by atoms with Crippen LogP contribution in [-0.4, -0.2) is 13.2 Å². The third-order valence-electron chi connectivity index (χ3n) is 2.96. The van der Waals surface area contributed by atoms with Gasteiger partial charge >= 0.3 is 0 Å². The fourth-order valence-electron chi connectivity index (χ4n) is 1.96. The summed E-state index contributed by atoms with van der Waals surface area (Å²) in [6.45, 7) is 5.94. The lowest BCUT2D eigenvalue weighted by molar-refractivity contribution is 0.340. The van der Waals surface area contributed by atoms with E-state index < -0.39 is 0 Å². The van der Waals surface area contributed by atoms with Crippen molar-refractivity contribution in [3.63, 3.8) is 0 Å². The Hall–Kier alpha value is -1.87. The van der Waals surface area contributed by atoms with E-state index in [1.54, 1.807) is 0 Å². The molecule has 0 heterocycles. The Balaban J connectivity index is 1.94. The highest BCUT2D eigenvalue weighted by atomic mass is 35.5. The Morgan fingerprint density at radius 3 is 2.29 bits per heavy atom. The van der Waals surface area contributed by atoms with Crippen LogP contribution in [0.15, 0.2) is 42.5 Å². The minimum absolute atomic E-state index is 0.610. The smallest absolute Gasteiger partial charge is 0.138 e. The van der Waals surface area contributed by atoms with E-state index in [0.717, 1.165) is 18.0 Å². The lowest BCUT2D eigenvalue weighted by Crippen LogP contribution is -2.00. The molecule has 0 saturated carbocycles. The number of benzene rings is 2. The summed E-state index contributed by atoms with van der Waals surface area (Å²) in [5, 5.41) is 3.96. The molecule has 2 aromatic rings. The van der Waals surface area contributed by atoms with Crippen LogP contribution in [0.3, 0.4) is 0 Å². The topological polar surface area (TPSA) is 30.5 Å². The first-order valence-electron chi connectivity index (χ1n) is 7.11. The van der Waals surface area contributed by atoms with Gasteiger partial charge in [0.05, 0.1) is 18.2 Å². The average molecular weight is 306 g/mol. The van der Waals surface area contributed by atoms with Gasteiger partial charge in [-0.25, -0.2) is 0 Å². The van der Waals surface area contributed by atoms with Crippen LogP contribution in [0.2, 0.25) is 5.02 Å². The molecule has 4 heteroatoms. The highest BCUT2D eigenvalue weighted by molar-refractivity contribution is 6.32. The molecule has 0 spiro atoms. The van der Waals surface area contributed by atoms with E-state index >= 15 is 0 Å². The van der Waals surface area contributed by atoms with Gasteiger partial charge in [0.25, 0.3) is 0 Å². The molecule has 21 heavy (non-hydrogen) atoms. The summed E-state index contributed by atoms with van der Waals surface area (Å²) < 4.78 is 10.8. The fraction of sp³-hybridized carbons (Fsp3) is 0.294. The van der Waals surface area contributed by atoms with Crippen molar-refractivity contribution in [1.29, 1.82) is 0 Å². The van der Waals surface area contributed by atoms with Crippen LogP contribution >= 0.6 is 11.6 Å². The highest BCUT2D eigenvalue weighted by Crippen LogP contribution is 2.27. The summed E-state index contributed by atoms with van der Waals surface area (Å²) in [6, 6.07) is 13.8. The third kappa shape index (κ3) is 4.57. The van der Waals surface area contributed by atoms with Crippen LogP contribution in [0, 0.1) is 0 Å². The van der Waals surface area contributed by atoms with Crippen LogP contribution in [0.5, 0.6) is 11.5 Å². The van der Waals surface area contributed by atoms with E-state index in [9.17, 15) is 0 Å². The van der Waals surface area contributed by atoms with Crippen molar-refractivity contribution in [3.05, 3.63) is 53.1 Å². The predicted molar refractivity (Wildman–Crippen MR) is 87.6 cm³/mol. The molecule has 0 radical (unpaired) electrons. The Bertz CT molecular complexity index is 570. The molecule has 0 atom stereocenters. The second-order valence-electron chi connectivity index (χ2n) is 4.51. The van der Waals surface area contributed by atoms with Crippen LogP contribution in [-0.2, 0) is 6.54 Å². The van der Waals surface area contributed by atoms with Gasteiger partial charge in [-0.1, -0.05) is 23.7 Å². The highest BCUT2D eigenvalue weighted by Gasteiger charge is 2.02. The fourth-order valence-corrected chi connectivity index (χ4v) is 2.19. The van der Waals surface area contributed by atoms with Crippen LogP contribution in [0.25, 0.3) is 0 Å². The maximum atomic E-state index is 6.16. The minimum Gasteiger partial charge on any atom is -0.494 e. The molecule has 0 saturated heterocycles. The second kappa shape index (κ2) is 7.79. The molecular formula is C17H20ClNO2. The third-order valence-corrected chi connectivity index (χ3v) is 3.26. The first-order valence-corrected chi connectivity index (χ1v) is 7.48. The zero-order valence-corrected chi connectivity index (χ0v) is 13.1. The molecule has 2 aromatic carbocycles. The Morgan fingerprint density at radius 2 is 1.67 bits per heavy atom. The molecule has 0 aliphatic carbocycles. The van der Waals surface area contributed by atoms with Crippen LogP contribution in [0.4, 0.5) is 5.69 Å². The van der Waals surface area contributed by atoms with Gasteiger partial charge in [-0.3, -0.25) is 0 Å². The number of hydrogen-bond donors (Lipinski definition) is 1. The molecule has 0 aliphatic rings. The van der Waals surface area contributed by atoms with Crippen molar-refractivity contribution in [2.24, 2.45) is 0 Å². The standard InChI is InChI=1S/C17H20ClNO2/c1-3-20-15-8-5-13(6-9-15)12-19-14-7-10-17(21-4-2)16(18)11-14/h5-11,19H,3-4,12H2,1-2H3. The summed E-state index contributed by atoms with van der Waals surface area (Å²) in [5.74, 6) is 1.61. The lowest BCUT2D eigenvalue weighted by atomic mass is 10.2.